The van der Waals surface area contributed by atoms with E-state index in [1.807, 2.05) is 36.4 Å². The van der Waals surface area contributed by atoms with E-state index in [9.17, 15) is 14.7 Å². The summed E-state index contributed by atoms with van der Waals surface area (Å²) in [5.74, 6) is 0.354. The number of rotatable bonds is 3. The van der Waals surface area contributed by atoms with Crippen LogP contribution >= 0.6 is 0 Å². The number of benzene rings is 2. The van der Waals surface area contributed by atoms with Crippen LogP contribution in [-0.4, -0.2) is 34.0 Å². The van der Waals surface area contributed by atoms with E-state index < -0.39 is 5.56 Å². The second-order valence-electron chi connectivity index (χ2n) is 6.66. The number of fused-ring (bicyclic) bond motifs is 1. The van der Waals surface area contributed by atoms with Gasteiger partial charge in [0, 0.05) is 17.8 Å². The summed E-state index contributed by atoms with van der Waals surface area (Å²) in [6.07, 6.45) is 0. The van der Waals surface area contributed by atoms with Gasteiger partial charge in [0.25, 0.3) is 11.5 Å². The quantitative estimate of drug-likeness (QED) is 0.736. The molecule has 1 aromatic heterocycles. The molecule has 1 aliphatic rings. The molecule has 0 unspecified atom stereocenters. The number of pyridine rings is 1. The summed E-state index contributed by atoms with van der Waals surface area (Å²) < 4.78 is 5.71. The van der Waals surface area contributed by atoms with Crippen molar-refractivity contribution >= 4 is 5.91 Å². The van der Waals surface area contributed by atoms with Gasteiger partial charge < -0.3 is 19.7 Å². The summed E-state index contributed by atoms with van der Waals surface area (Å²) in [7, 11) is 0. The predicted octanol–water partition coefficient (Wildman–Crippen LogP) is 2.57. The van der Waals surface area contributed by atoms with Crippen molar-refractivity contribution in [1.82, 2.24) is 9.88 Å². The summed E-state index contributed by atoms with van der Waals surface area (Å²) >= 11 is 0. The summed E-state index contributed by atoms with van der Waals surface area (Å²) in [5.41, 5.74) is 2.80. The van der Waals surface area contributed by atoms with E-state index in [4.69, 9.17) is 4.74 Å². The molecule has 3 aromatic rings. The average Bonchev–Trinajstić information content (AvgIpc) is 2.95. The standard InChI is InChI=1S/C22H20N2O4/c25-14-15-6-9-20-17(12-15)13-24(10-11-28-20)22(27)18-7-8-19(23-21(18)26)16-4-2-1-3-5-16/h1-9,12,25H,10-11,13-14H2,(H,23,26). The lowest BCUT2D eigenvalue weighted by molar-refractivity contribution is 0.0731. The lowest BCUT2D eigenvalue weighted by atomic mass is 10.1. The number of ether oxygens (including phenoxy) is 1. The molecule has 4 rings (SSSR count). The lowest BCUT2D eigenvalue weighted by Gasteiger charge is -2.19. The maximum Gasteiger partial charge on any atom is 0.261 e. The molecular weight excluding hydrogens is 356 g/mol. The zero-order chi connectivity index (χ0) is 19.5. The van der Waals surface area contributed by atoms with Crippen molar-refractivity contribution in [3.8, 4) is 17.0 Å². The zero-order valence-corrected chi connectivity index (χ0v) is 15.2. The molecule has 142 valence electrons. The van der Waals surface area contributed by atoms with Crippen molar-refractivity contribution in [1.29, 1.82) is 0 Å². The van der Waals surface area contributed by atoms with Crippen LogP contribution in [0.3, 0.4) is 0 Å². The monoisotopic (exact) mass is 376 g/mol. The van der Waals surface area contributed by atoms with Crippen LogP contribution in [0.15, 0.2) is 65.5 Å². The van der Waals surface area contributed by atoms with E-state index in [1.165, 1.54) is 0 Å². The summed E-state index contributed by atoms with van der Waals surface area (Å²) in [5, 5.41) is 9.35. The highest BCUT2D eigenvalue weighted by Gasteiger charge is 2.23. The van der Waals surface area contributed by atoms with Crippen LogP contribution in [-0.2, 0) is 13.2 Å². The zero-order valence-electron chi connectivity index (χ0n) is 15.2. The number of aromatic amines is 1. The predicted molar refractivity (Wildman–Crippen MR) is 105 cm³/mol. The second-order valence-corrected chi connectivity index (χ2v) is 6.66. The number of nitrogens with one attached hydrogen (secondary N) is 1. The minimum atomic E-state index is -0.416. The van der Waals surface area contributed by atoms with Gasteiger partial charge in [-0.2, -0.15) is 0 Å². The molecule has 6 nitrogen and oxygen atoms in total. The molecule has 0 atom stereocenters. The van der Waals surface area contributed by atoms with Crippen molar-refractivity contribution in [3.63, 3.8) is 0 Å². The average molecular weight is 376 g/mol. The van der Waals surface area contributed by atoms with Crippen molar-refractivity contribution in [2.75, 3.05) is 13.2 Å². The van der Waals surface area contributed by atoms with Gasteiger partial charge in [-0.3, -0.25) is 9.59 Å². The molecule has 2 aromatic carbocycles. The van der Waals surface area contributed by atoms with Crippen molar-refractivity contribution in [3.05, 3.63) is 87.7 Å². The van der Waals surface area contributed by atoms with Crippen molar-refractivity contribution in [2.24, 2.45) is 0 Å². The lowest BCUT2D eigenvalue weighted by Crippen LogP contribution is -2.35. The first-order valence-corrected chi connectivity index (χ1v) is 9.09. The van der Waals surface area contributed by atoms with Crippen molar-refractivity contribution < 1.29 is 14.6 Å². The molecular formula is C22H20N2O4. The largest absolute Gasteiger partial charge is 0.491 e. The maximum atomic E-state index is 13.0. The van der Waals surface area contributed by atoms with Crippen LogP contribution in [0.2, 0.25) is 0 Å². The van der Waals surface area contributed by atoms with Crippen LogP contribution in [0.25, 0.3) is 11.3 Å². The normalized spacial score (nSPS) is 13.4. The fraction of sp³-hybridized carbons (Fsp3) is 0.182. The summed E-state index contributed by atoms with van der Waals surface area (Å²) in [6, 6.07) is 18.2. The molecule has 6 heteroatoms. The van der Waals surface area contributed by atoms with E-state index in [0.717, 1.165) is 16.7 Å². The highest BCUT2D eigenvalue weighted by molar-refractivity contribution is 5.94. The second kappa shape index (κ2) is 7.70. The van der Waals surface area contributed by atoms with Gasteiger partial charge in [0.1, 0.15) is 17.9 Å². The Morgan fingerprint density at radius 1 is 1.11 bits per heavy atom. The number of aliphatic hydroxyl groups excluding tert-OH is 1. The smallest absolute Gasteiger partial charge is 0.261 e. The number of hydrogen-bond donors (Lipinski definition) is 2. The first-order valence-electron chi connectivity index (χ1n) is 9.09. The maximum absolute atomic E-state index is 13.0. The molecule has 0 bridgehead atoms. The van der Waals surface area contributed by atoms with Crippen LogP contribution in [0.4, 0.5) is 0 Å². The van der Waals surface area contributed by atoms with Gasteiger partial charge in [-0.25, -0.2) is 0 Å². The van der Waals surface area contributed by atoms with Gasteiger partial charge in [-0.15, -0.1) is 0 Å². The van der Waals surface area contributed by atoms with E-state index in [-0.39, 0.29) is 18.1 Å². The summed E-state index contributed by atoms with van der Waals surface area (Å²) in [4.78, 5) is 29.9. The number of hydrogen-bond acceptors (Lipinski definition) is 4. The third kappa shape index (κ3) is 3.54. The van der Waals surface area contributed by atoms with Crippen LogP contribution < -0.4 is 10.3 Å². The molecule has 0 radical (unpaired) electrons. The van der Waals surface area contributed by atoms with Gasteiger partial charge in [0.2, 0.25) is 0 Å². The minimum absolute atomic E-state index is 0.0815. The van der Waals surface area contributed by atoms with Crippen LogP contribution in [0.5, 0.6) is 5.75 Å². The van der Waals surface area contributed by atoms with E-state index in [0.29, 0.717) is 31.1 Å². The molecule has 0 aliphatic carbocycles. The molecule has 28 heavy (non-hydrogen) atoms. The number of amides is 1. The highest BCUT2D eigenvalue weighted by Crippen LogP contribution is 2.25. The molecule has 1 aliphatic heterocycles. The molecule has 1 amide bonds. The van der Waals surface area contributed by atoms with Crippen molar-refractivity contribution in [2.45, 2.75) is 13.2 Å². The topological polar surface area (TPSA) is 82.6 Å². The van der Waals surface area contributed by atoms with E-state index >= 15 is 0 Å². The minimum Gasteiger partial charge on any atom is -0.491 e. The fourth-order valence-electron chi connectivity index (χ4n) is 3.32. The number of aromatic nitrogens is 1. The molecule has 2 N–H and O–H groups in total. The Balaban J connectivity index is 1.61. The fourth-order valence-corrected chi connectivity index (χ4v) is 3.32. The van der Waals surface area contributed by atoms with Gasteiger partial charge in [-0.1, -0.05) is 36.4 Å². The first kappa shape index (κ1) is 18.0. The summed E-state index contributed by atoms with van der Waals surface area (Å²) in [6.45, 7) is 0.961. The van der Waals surface area contributed by atoms with Gasteiger partial charge in [-0.05, 0) is 35.4 Å². The third-order valence-electron chi connectivity index (χ3n) is 4.80. The number of carbonyl (C=O) groups is 1. The van der Waals surface area contributed by atoms with Crippen LogP contribution in [0.1, 0.15) is 21.5 Å². The Hall–Kier alpha value is -3.38. The SMILES string of the molecule is O=C(c1ccc(-c2ccccc2)[nH]c1=O)N1CCOc2ccc(CO)cc2C1. The Bertz CT molecular complexity index is 1060. The Morgan fingerprint density at radius 3 is 2.68 bits per heavy atom. The molecule has 0 fully saturated rings. The molecule has 0 spiro atoms. The number of carbonyl (C=O) groups excluding carboxylic acids is 1. The van der Waals surface area contributed by atoms with Gasteiger partial charge in [0.15, 0.2) is 0 Å². The molecule has 0 saturated heterocycles. The number of H-pyrrole nitrogens is 1. The van der Waals surface area contributed by atoms with E-state index in [2.05, 4.69) is 4.98 Å². The Labute approximate surface area is 162 Å². The first-order chi connectivity index (χ1) is 13.7. The van der Waals surface area contributed by atoms with Gasteiger partial charge in [0.05, 0.1) is 13.2 Å². The Kier molecular flexibility index (Phi) is 4.95. The number of aliphatic hydroxyl groups is 1. The Morgan fingerprint density at radius 2 is 1.93 bits per heavy atom. The molecule has 0 saturated carbocycles. The highest BCUT2D eigenvalue weighted by atomic mass is 16.5. The third-order valence-corrected chi connectivity index (χ3v) is 4.80. The number of nitrogens with zero attached hydrogens (tertiary/aromatic N) is 1. The molecule has 2 heterocycles. The van der Waals surface area contributed by atoms with E-state index in [1.54, 1.807) is 29.2 Å². The van der Waals surface area contributed by atoms with Crippen LogP contribution in [0, 0.1) is 0 Å². The van der Waals surface area contributed by atoms with Gasteiger partial charge >= 0.3 is 0 Å².